The average Bonchev–Trinajstić information content (AvgIpc) is 2.86. The van der Waals surface area contributed by atoms with Crippen molar-refractivity contribution in [3.05, 3.63) is 47.0 Å². The lowest BCUT2D eigenvalue weighted by molar-refractivity contribution is 0.294. The van der Waals surface area contributed by atoms with Crippen LogP contribution in [0.3, 0.4) is 0 Å². The SMILES string of the molecule is CCCn1cncc1COc1ccc(CNC)cc1Cl. The molecule has 0 spiro atoms. The summed E-state index contributed by atoms with van der Waals surface area (Å²) in [5, 5.41) is 3.73. The highest BCUT2D eigenvalue weighted by molar-refractivity contribution is 6.32. The molecule has 0 aliphatic heterocycles. The smallest absolute Gasteiger partial charge is 0.138 e. The highest BCUT2D eigenvalue weighted by Crippen LogP contribution is 2.26. The van der Waals surface area contributed by atoms with Crippen LogP contribution >= 0.6 is 11.6 Å². The lowest BCUT2D eigenvalue weighted by atomic mass is 10.2. The van der Waals surface area contributed by atoms with Gasteiger partial charge in [0.25, 0.3) is 0 Å². The van der Waals surface area contributed by atoms with Gasteiger partial charge < -0.3 is 14.6 Å². The number of rotatable bonds is 7. The van der Waals surface area contributed by atoms with E-state index < -0.39 is 0 Å². The van der Waals surface area contributed by atoms with Crippen LogP contribution in [0.5, 0.6) is 5.75 Å². The van der Waals surface area contributed by atoms with Gasteiger partial charge in [-0.25, -0.2) is 4.98 Å². The Morgan fingerprint density at radius 2 is 2.25 bits per heavy atom. The standard InChI is InChI=1S/C15H20ClN3O/c1-3-6-19-11-18-9-13(19)10-20-15-5-4-12(8-17-2)7-14(15)16/h4-5,7,9,11,17H,3,6,8,10H2,1-2H3. The first-order valence-electron chi connectivity index (χ1n) is 6.79. The fourth-order valence-electron chi connectivity index (χ4n) is 2.04. The fraction of sp³-hybridized carbons (Fsp3) is 0.400. The maximum Gasteiger partial charge on any atom is 0.138 e. The number of aryl methyl sites for hydroxylation is 1. The van der Waals surface area contributed by atoms with E-state index in [1.165, 1.54) is 0 Å². The van der Waals surface area contributed by atoms with Crippen molar-refractivity contribution in [2.75, 3.05) is 7.05 Å². The summed E-state index contributed by atoms with van der Waals surface area (Å²) in [7, 11) is 1.91. The summed E-state index contributed by atoms with van der Waals surface area (Å²) in [5.41, 5.74) is 2.20. The molecule has 0 aliphatic carbocycles. The summed E-state index contributed by atoms with van der Waals surface area (Å²) in [6, 6.07) is 5.85. The number of benzene rings is 1. The zero-order chi connectivity index (χ0) is 14.4. The van der Waals surface area contributed by atoms with Crippen molar-refractivity contribution in [2.24, 2.45) is 0 Å². The minimum Gasteiger partial charge on any atom is -0.486 e. The highest BCUT2D eigenvalue weighted by atomic mass is 35.5. The number of hydrogen-bond acceptors (Lipinski definition) is 3. The van der Waals surface area contributed by atoms with Gasteiger partial charge in [-0.2, -0.15) is 0 Å². The van der Waals surface area contributed by atoms with Crippen molar-refractivity contribution in [3.63, 3.8) is 0 Å². The van der Waals surface area contributed by atoms with Gasteiger partial charge in [0.15, 0.2) is 0 Å². The largest absolute Gasteiger partial charge is 0.486 e. The molecule has 108 valence electrons. The molecule has 0 saturated heterocycles. The molecule has 4 nitrogen and oxygen atoms in total. The minimum absolute atomic E-state index is 0.477. The Balaban J connectivity index is 2.01. The molecule has 1 heterocycles. The van der Waals surface area contributed by atoms with E-state index in [1.807, 2.05) is 37.8 Å². The molecule has 2 rings (SSSR count). The maximum atomic E-state index is 6.23. The van der Waals surface area contributed by atoms with Crippen LogP contribution in [-0.2, 0) is 19.7 Å². The summed E-state index contributed by atoms with van der Waals surface area (Å²) in [5.74, 6) is 0.704. The molecule has 1 aromatic carbocycles. The van der Waals surface area contributed by atoms with Gasteiger partial charge in [-0.05, 0) is 31.2 Å². The number of aromatic nitrogens is 2. The molecule has 0 aliphatic rings. The second-order valence-electron chi connectivity index (χ2n) is 4.66. The zero-order valence-corrected chi connectivity index (χ0v) is 12.7. The van der Waals surface area contributed by atoms with Gasteiger partial charge >= 0.3 is 0 Å². The third-order valence-electron chi connectivity index (χ3n) is 3.02. The number of halogens is 1. The maximum absolute atomic E-state index is 6.23. The second-order valence-corrected chi connectivity index (χ2v) is 5.07. The molecular weight excluding hydrogens is 274 g/mol. The van der Waals surface area contributed by atoms with Crippen LogP contribution in [0.1, 0.15) is 24.6 Å². The summed E-state index contributed by atoms with van der Waals surface area (Å²) < 4.78 is 7.89. The Hall–Kier alpha value is -1.52. The van der Waals surface area contributed by atoms with E-state index in [-0.39, 0.29) is 0 Å². The topological polar surface area (TPSA) is 39.1 Å². The Labute approximate surface area is 124 Å². The van der Waals surface area contributed by atoms with E-state index in [1.54, 1.807) is 0 Å². The number of imidazole rings is 1. The number of nitrogens with zero attached hydrogens (tertiary/aromatic N) is 2. The average molecular weight is 294 g/mol. The molecule has 0 radical (unpaired) electrons. The van der Waals surface area contributed by atoms with Crippen LogP contribution in [0.2, 0.25) is 5.02 Å². The summed E-state index contributed by atoms with van der Waals surface area (Å²) in [6.07, 6.45) is 4.74. The Morgan fingerprint density at radius 1 is 1.40 bits per heavy atom. The highest BCUT2D eigenvalue weighted by Gasteiger charge is 2.06. The summed E-state index contributed by atoms with van der Waals surface area (Å²) in [4.78, 5) is 4.16. The van der Waals surface area contributed by atoms with Gasteiger partial charge in [-0.15, -0.1) is 0 Å². The van der Waals surface area contributed by atoms with E-state index in [2.05, 4.69) is 21.8 Å². The van der Waals surface area contributed by atoms with Gasteiger partial charge in [0.2, 0.25) is 0 Å². The van der Waals surface area contributed by atoms with E-state index in [0.717, 1.165) is 30.8 Å². The molecule has 0 bridgehead atoms. The fourth-order valence-corrected chi connectivity index (χ4v) is 2.30. The monoisotopic (exact) mass is 293 g/mol. The molecular formula is C15H20ClN3O. The van der Waals surface area contributed by atoms with Crippen LogP contribution in [-0.4, -0.2) is 16.6 Å². The molecule has 1 aromatic heterocycles. The summed E-state index contributed by atoms with van der Waals surface area (Å²) in [6.45, 7) is 4.36. The van der Waals surface area contributed by atoms with Crippen LogP contribution in [0.4, 0.5) is 0 Å². The molecule has 0 saturated carbocycles. The molecule has 0 fully saturated rings. The predicted octanol–water partition coefficient (Wildman–Crippen LogP) is 3.24. The van der Waals surface area contributed by atoms with Crippen molar-refractivity contribution in [2.45, 2.75) is 33.0 Å². The normalized spacial score (nSPS) is 10.8. The first kappa shape index (κ1) is 14.9. The third kappa shape index (κ3) is 3.74. The molecule has 2 aromatic rings. The zero-order valence-electron chi connectivity index (χ0n) is 11.9. The van der Waals surface area contributed by atoms with Gasteiger partial charge in [0.05, 0.1) is 23.2 Å². The minimum atomic E-state index is 0.477. The van der Waals surface area contributed by atoms with Gasteiger partial charge in [0.1, 0.15) is 12.4 Å². The quantitative estimate of drug-likeness (QED) is 0.852. The molecule has 0 atom stereocenters. The lowest BCUT2D eigenvalue weighted by Gasteiger charge is -2.11. The van der Waals surface area contributed by atoms with Crippen molar-refractivity contribution < 1.29 is 4.74 Å². The van der Waals surface area contributed by atoms with Crippen LogP contribution in [0.25, 0.3) is 0 Å². The molecule has 1 N–H and O–H groups in total. The van der Waals surface area contributed by atoms with Crippen LogP contribution < -0.4 is 10.1 Å². The molecule has 5 heteroatoms. The third-order valence-corrected chi connectivity index (χ3v) is 3.31. The summed E-state index contributed by atoms with van der Waals surface area (Å²) >= 11 is 6.23. The van der Waals surface area contributed by atoms with Gasteiger partial charge in [0, 0.05) is 13.1 Å². The van der Waals surface area contributed by atoms with Crippen LogP contribution in [0.15, 0.2) is 30.7 Å². The first-order chi connectivity index (χ1) is 9.74. The van der Waals surface area contributed by atoms with Crippen LogP contribution in [0, 0.1) is 0 Å². The van der Waals surface area contributed by atoms with Gasteiger partial charge in [-0.1, -0.05) is 24.6 Å². The van der Waals surface area contributed by atoms with Crippen molar-refractivity contribution in [1.29, 1.82) is 0 Å². The van der Waals surface area contributed by atoms with Crippen molar-refractivity contribution in [1.82, 2.24) is 14.9 Å². The molecule has 0 unspecified atom stereocenters. The Kier molecular flexibility index (Phi) is 5.44. The Morgan fingerprint density at radius 3 is 2.95 bits per heavy atom. The van der Waals surface area contributed by atoms with Crippen molar-refractivity contribution in [3.8, 4) is 5.75 Å². The molecule has 0 amide bonds. The number of ether oxygens (including phenoxy) is 1. The predicted molar refractivity (Wildman–Crippen MR) is 81.1 cm³/mol. The van der Waals surface area contributed by atoms with E-state index in [9.17, 15) is 0 Å². The van der Waals surface area contributed by atoms with E-state index in [0.29, 0.717) is 17.4 Å². The first-order valence-corrected chi connectivity index (χ1v) is 7.17. The van der Waals surface area contributed by atoms with Crippen molar-refractivity contribution >= 4 is 11.6 Å². The Bertz CT molecular complexity index is 554. The van der Waals surface area contributed by atoms with E-state index in [4.69, 9.17) is 16.3 Å². The lowest BCUT2D eigenvalue weighted by Crippen LogP contribution is -2.06. The number of hydrogen-bond donors (Lipinski definition) is 1. The van der Waals surface area contributed by atoms with Gasteiger partial charge in [-0.3, -0.25) is 0 Å². The second kappa shape index (κ2) is 7.31. The van der Waals surface area contributed by atoms with E-state index >= 15 is 0 Å². The molecule has 20 heavy (non-hydrogen) atoms. The number of nitrogens with one attached hydrogen (secondary N) is 1.